The van der Waals surface area contributed by atoms with Gasteiger partial charge in [0.25, 0.3) is 0 Å². The first-order valence-corrected chi connectivity index (χ1v) is 5.98. The van der Waals surface area contributed by atoms with E-state index in [2.05, 4.69) is 20.8 Å². The summed E-state index contributed by atoms with van der Waals surface area (Å²) in [5, 5.41) is 0.961. The Kier molecular flexibility index (Phi) is 4.70. The minimum absolute atomic E-state index is 0.235. The summed E-state index contributed by atoms with van der Waals surface area (Å²) in [5.41, 5.74) is 0. The lowest BCUT2D eigenvalue weighted by molar-refractivity contribution is -0.136. The molecule has 0 aliphatic carbocycles. The molecule has 1 atom stereocenters. The van der Waals surface area contributed by atoms with Crippen LogP contribution in [-0.4, -0.2) is 36.0 Å². The predicted molar refractivity (Wildman–Crippen MR) is 53.6 cm³/mol. The summed E-state index contributed by atoms with van der Waals surface area (Å²) in [4.78, 5) is 2.12. The van der Waals surface area contributed by atoms with Crippen molar-refractivity contribution in [1.82, 2.24) is 4.90 Å². The Morgan fingerprint density at radius 1 is 1.36 bits per heavy atom. The van der Waals surface area contributed by atoms with Gasteiger partial charge in [-0.15, -0.1) is 0 Å². The van der Waals surface area contributed by atoms with Crippen LogP contribution in [0.5, 0.6) is 0 Å². The van der Waals surface area contributed by atoms with Crippen LogP contribution < -0.4 is 0 Å². The normalized spacial score (nSPS) is 24.4. The van der Waals surface area contributed by atoms with Gasteiger partial charge in [0.15, 0.2) is 0 Å². The SMILES string of the molecule is FC(F)(F)CCCN1CCC(CBr)C1. The van der Waals surface area contributed by atoms with E-state index in [1.165, 1.54) is 0 Å². The van der Waals surface area contributed by atoms with Crippen LogP contribution in [0.25, 0.3) is 0 Å². The summed E-state index contributed by atoms with van der Waals surface area (Å²) in [7, 11) is 0. The van der Waals surface area contributed by atoms with Crippen LogP contribution >= 0.6 is 15.9 Å². The van der Waals surface area contributed by atoms with Gasteiger partial charge in [-0.3, -0.25) is 0 Å². The quantitative estimate of drug-likeness (QED) is 0.712. The van der Waals surface area contributed by atoms with Crippen molar-refractivity contribution in [3.8, 4) is 0 Å². The maximum absolute atomic E-state index is 11.8. The fourth-order valence-electron chi connectivity index (χ4n) is 1.75. The molecule has 0 radical (unpaired) electrons. The second-order valence-corrected chi connectivity index (χ2v) is 4.48. The average molecular weight is 274 g/mol. The Morgan fingerprint density at radius 2 is 2.07 bits per heavy atom. The van der Waals surface area contributed by atoms with Crippen molar-refractivity contribution in [2.24, 2.45) is 5.92 Å². The topological polar surface area (TPSA) is 3.24 Å². The third kappa shape index (κ3) is 4.64. The first kappa shape index (κ1) is 12.3. The number of halogens is 4. The van der Waals surface area contributed by atoms with Crippen LogP contribution in [0, 0.1) is 5.92 Å². The third-order valence-corrected chi connectivity index (χ3v) is 3.44. The largest absolute Gasteiger partial charge is 0.389 e. The first-order chi connectivity index (χ1) is 6.51. The highest BCUT2D eigenvalue weighted by molar-refractivity contribution is 9.09. The van der Waals surface area contributed by atoms with E-state index >= 15 is 0 Å². The fourth-order valence-corrected chi connectivity index (χ4v) is 2.27. The molecule has 1 heterocycles. The van der Waals surface area contributed by atoms with Gasteiger partial charge >= 0.3 is 6.18 Å². The standard InChI is InChI=1S/C9H15BrF3N/c10-6-8-2-5-14(7-8)4-1-3-9(11,12)13/h8H,1-7H2. The van der Waals surface area contributed by atoms with Gasteiger partial charge in [0.2, 0.25) is 0 Å². The van der Waals surface area contributed by atoms with Crippen LogP contribution in [0.15, 0.2) is 0 Å². The molecule has 0 spiro atoms. The van der Waals surface area contributed by atoms with E-state index < -0.39 is 12.6 Å². The van der Waals surface area contributed by atoms with Crippen molar-refractivity contribution < 1.29 is 13.2 Å². The van der Waals surface area contributed by atoms with Crippen molar-refractivity contribution in [3.63, 3.8) is 0 Å². The van der Waals surface area contributed by atoms with Gasteiger partial charge in [0.05, 0.1) is 0 Å². The van der Waals surface area contributed by atoms with Crippen LogP contribution in [0.3, 0.4) is 0 Å². The number of rotatable bonds is 4. The minimum Gasteiger partial charge on any atom is -0.303 e. The van der Waals surface area contributed by atoms with E-state index in [1.54, 1.807) is 0 Å². The van der Waals surface area contributed by atoms with E-state index in [0.29, 0.717) is 12.5 Å². The summed E-state index contributed by atoms with van der Waals surface area (Å²) in [6, 6.07) is 0. The van der Waals surface area contributed by atoms with E-state index in [0.717, 1.165) is 24.8 Å². The second kappa shape index (κ2) is 5.35. The summed E-state index contributed by atoms with van der Waals surface area (Å²) < 4.78 is 35.5. The number of hydrogen-bond donors (Lipinski definition) is 0. The summed E-state index contributed by atoms with van der Waals surface area (Å²) >= 11 is 3.40. The van der Waals surface area contributed by atoms with E-state index in [1.807, 2.05) is 0 Å². The third-order valence-electron chi connectivity index (χ3n) is 2.52. The minimum atomic E-state index is -3.99. The van der Waals surface area contributed by atoms with Crippen molar-refractivity contribution in [2.45, 2.75) is 25.4 Å². The monoisotopic (exact) mass is 273 g/mol. The Bertz CT molecular complexity index is 172. The Morgan fingerprint density at radius 3 is 2.57 bits per heavy atom. The molecular formula is C9H15BrF3N. The van der Waals surface area contributed by atoms with Gasteiger partial charge in [0.1, 0.15) is 0 Å². The van der Waals surface area contributed by atoms with E-state index in [4.69, 9.17) is 0 Å². The lowest BCUT2D eigenvalue weighted by Crippen LogP contribution is -2.23. The van der Waals surface area contributed by atoms with Crippen LogP contribution in [0.2, 0.25) is 0 Å². The molecule has 1 aliphatic heterocycles. The molecule has 0 N–H and O–H groups in total. The molecule has 5 heteroatoms. The highest BCUT2D eigenvalue weighted by Gasteiger charge is 2.27. The van der Waals surface area contributed by atoms with Gasteiger partial charge in [-0.1, -0.05) is 15.9 Å². The van der Waals surface area contributed by atoms with Crippen LogP contribution in [-0.2, 0) is 0 Å². The molecule has 1 saturated heterocycles. The number of nitrogens with zero attached hydrogens (tertiary/aromatic N) is 1. The smallest absolute Gasteiger partial charge is 0.303 e. The Labute approximate surface area is 90.8 Å². The Balaban J connectivity index is 2.09. The first-order valence-electron chi connectivity index (χ1n) is 4.86. The van der Waals surface area contributed by atoms with Crippen molar-refractivity contribution >= 4 is 15.9 Å². The molecule has 0 bridgehead atoms. The zero-order chi connectivity index (χ0) is 10.6. The maximum atomic E-state index is 11.8. The summed E-state index contributed by atoms with van der Waals surface area (Å²) in [6.45, 7) is 2.49. The molecule has 0 aromatic heterocycles. The van der Waals surface area contributed by atoms with E-state index in [9.17, 15) is 13.2 Å². The van der Waals surface area contributed by atoms with Crippen molar-refractivity contribution in [2.75, 3.05) is 25.0 Å². The van der Waals surface area contributed by atoms with Gasteiger partial charge in [-0.2, -0.15) is 13.2 Å². The summed E-state index contributed by atoms with van der Waals surface area (Å²) in [5.74, 6) is 0.626. The molecule has 1 nitrogen and oxygen atoms in total. The second-order valence-electron chi connectivity index (χ2n) is 3.83. The van der Waals surface area contributed by atoms with Gasteiger partial charge in [0, 0.05) is 18.3 Å². The number of likely N-dealkylation sites (tertiary alicyclic amines) is 1. The molecule has 1 rings (SSSR count). The molecule has 1 aliphatic rings. The maximum Gasteiger partial charge on any atom is 0.389 e. The molecule has 0 amide bonds. The predicted octanol–water partition coefficient (Wildman–Crippen LogP) is 3.05. The fraction of sp³-hybridized carbons (Fsp3) is 1.00. The summed E-state index contributed by atoms with van der Waals surface area (Å²) in [6.07, 6.45) is -3.30. The van der Waals surface area contributed by atoms with Gasteiger partial charge < -0.3 is 4.90 Å². The van der Waals surface area contributed by atoms with Gasteiger partial charge in [-0.25, -0.2) is 0 Å². The highest BCUT2D eigenvalue weighted by Crippen LogP contribution is 2.23. The van der Waals surface area contributed by atoms with Crippen LogP contribution in [0.1, 0.15) is 19.3 Å². The van der Waals surface area contributed by atoms with Gasteiger partial charge in [-0.05, 0) is 31.8 Å². The molecule has 84 valence electrons. The van der Waals surface area contributed by atoms with Crippen molar-refractivity contribution in [3.05, 3.63) is 0 Å². The number of hydrogen-bond acceptors (Lipinski definition) is 1. The lowest BCUT2D eigenvalue weighted by Gasteiger charge is -2.15. The Hall–Kier alpha value is 0.230. The lowest BCUT2D eigenvalue weighted by atomic mass is 10.2. The molecule has 1 fully saturated rings. The van der Waals surface area contributed by atoms with E-state index in [-0.39, 0.29) is 6.42 Å². The molecule has 0 aromatic carbocycles. The van der Waals surface area contributed by atoms with Crippen molar-refractivity contribution in [1.29, 1.82) is 0 Å². The highest BCUT2D eigenvalue weighted by atomic mass is 79.9. The molecule has 1 unspecified atom stereocenters. The molecule has 0 aromatic rings. The molecule has 0 saturated carbocycles. The number of alkyl halides is 4. The zero-order valence-corrected chi connectivity index (χ0v) is 9.57. The average Bonchev–Trinajstić information content (AvgIpc) is 2.50. The molecule has 14 heavy (non-hydrogen) atoms. The molecular weight excluding hydrogens is 259 g/mol. The zero-order valence-electron chi connectivity index (χ0n) is 7.99. The van der Waals surface area contributed by atoms with Crippen LogP contribution in [0.4, 0.5) is 13.2 Å².